The highest BCUT2D eigenvalue weighted by Gasteiger charge is 2.43. The van der Waals surface area contributed by atoms with Gasteiger partial charge in [0.1, 0.15) is 11.9 Å². The number of hydrogen-bond acceptors (Lipinski definition) is 4. The van der Waals surface area contributed by atoms with Gasteiger partial charge in [-0.25, -0.2) is 0 Å². The first-order valence-electron chi connectivity index (χ1n) is 8.34. The van der Waals surface area contributed by atoms with Crippen molar-refractivity contribution >= 4 is 5.69 Å². The molecule has 0 amide bonds. The summed E-state index contributed by atoms with van der Waals surface area (Å²) in [5.74, 6) is 0.936. The van der Waals surface area contributed by atoms with Crippen LogP contribution in [0.4, 0.5) is 5.69 Å². The van der Waals surface area contributed by atoms with Crippen LogP contribution >= 0.6 is 0 Å². The third-order valence-electron chi connectivity index (χ3n) is 4.91. The summed E-state index contributed by atoms with van der Waals surface area (Å²) in [5, 5.41) is 0. The van der Waals surface area contributed by atoms with Crippen molar-refractivity contribution in [3.63, 3.8) is 0 Å². The maximum Gasteiger partial charge on any atom is 0.125 e. The van der Waals surface area contributed by atoms with E-state index in [1.807, 2.05) is 48.8 Å². The molecule has 23 heavy (non-hydrogen) atoms. The van der Waals surface area contributed by atoms with Gasteiger partial charge in [-0.15, -0.1) is 0 Å². The summed E-state index contributed by atoms with van der Waals surface area (Å²) in [7, 11) is 0. The van der Waals surface area contributed by atoms with Gasteiger partial charge in [-0.1, -0.05) is 18.2 Å². The quantitative estimate of drug-likeness (QED) is 0.871. The lowest BCUT2D eigenvalue weighted by molar-refractivity contribution is -0.0162. The second-order valence-corrected chi connectivity index (χ2v) is 6.45. The van der Waals surface area contributed by atoms with Gasteiger partial charge in [0.15, 0.2) is 0 Å². The van der Waals surface area contributed by atoms with E-state index in [0.29, 0.717) is 6.61 Å². The average molecular weight is 310 g/mol. The molecule has 1 atom stereocenters. The lowest BCUT2D eigenvalue weighted by atomic mass is 9.88. The molecule has 2 fully saturated rings. The largest absolute Gasteiger partial charge is 0.488 e. The van der Waals surface area contributed by atoms with Gasteiger partial charge in [0.25, 0.3) is 0 Å². The Bertz CT molecular complexity index is 624. The molecule has 0 aliphatic carbocycles. The molecule has 1 aromatic heterocycles. The number of rotatable bonds is 3. The molecule has 2 aliphatic rings. The average Bonchev–Trinajstić information content (AvgIpc) is 2.99. The number of anilines is 1. The fourth-order valence-corrected chi connectivity index (χ4v) is 3.63. The van der Waals surface area contributed by atoms with E-state index in [9.17, 15) is 0 Å². The molecular weight excluding hydrogens is 288 g/mol. The fourth-order valence-electron chi connectivity index (χ4n) is 3.63. The summed E-state index contributed by atoms with van der Waals surface area (Å²) < 4.78 is 12.2. The van der Waals surface area contributed by atoms with E-state index in [4.69, 9.17) is 9.47 Å². The minimum Gasteiger partial charge on any atom is -0.488 e. The highest BCUT2D eigenvalue weighted by molar-refractivity contribution is 5.44. The molecule has 2 aromatic rings. The van der Waals surface area contributed by atoms with Crippen LogP contribution in [0.5, 0.6) is 5.75 Å². The normalized spacial score (nSPS) is 23.1. The molecule has 2 aliphatic heterocycles. The molecule has 4 rings (SSSR count). The smallest absolute Gasteiger partial charge is 0.125 e. The van der Waals surface area contributed by atoms with Gasteiger partial charge in [-0.3, -0.25) is 4.98 Å². The summed E-state index contributed by atoms with van der Waals surface area (Å²) in [6.45, 7) is 2.73. The van der Waals surface area contributed by atoms with E-state index in [2.05, 4.69) is 16.0 Å². The minimum absolute atomic E-state index is 0.00183. The molecule has 2 saturated heterocycles. The second-order valence-electron chi connectivity index (χ2n) is 6.45. The Morgan fingerprint density at radius 2 is 1.91 bits per heavy atom. The lowest BCUT2D eigenvalue weighted by Crippen LogP contribution is -2.44. The van der Waals surface area contributed by atoms with Crippen LogP contribution < -0.4 is 9.64 Å². The maximum atomic E-state index is 6.18. The number of aromatic nitrogens is 1. The topological polar surface area (TPSA) is 34.6 Å². The van der Waals surface area contributed by atoms with E-state index < -0.39 is 0 Å². The Kier molecular flexibility index (Phi) is 3.92. The van der Waals surface area contributed by atoms with E-state index in [0.717, 1.165) is 38.1 Å². The zero-order valence-corrected chi connectivity index (χ0v) is 13.2. The van der Waals surface area contributed by atoms with Crippen LogP contribution in [0, 0.1) is 0 Å². The summed E-state index contributed by atoms with van der Waals surface area (Å²) in [6, 6.07) is 14.2. The van der Waals surface area contributed by atoms with E-state index >= 15 is 0 Å². The summed E-state index contributed by atoms with van der Waals surface area (Å²) in [6.07, 6.45) is 7.02. The molecule has 0 saturated carbocycles. The second kappa shape index (κ2) is 6.20. The Morgan fingerprint density at radius 1 is 1.09 bits per heavy atom. The van der Waals surface area contributed by atoms with Gasteiger partial charge in [0, 0.05) is 25.7 Å². The number of hydrogen-bond donors (Lipinski definition) is 0. The third kappa shape index (κ3) is 3.17. The molecule has 0 N–H and O–H groups in total. The molecule has 0 bridgehead atoms. The van der Waals surface area contributed by atoms with Crippen LogP contribution in [-0.4, -0.2) is 36.4 Å². The Balaban J connectivity index is 1.35. The number of benzene rings is 1. The third-order valence-corrected chi connectivity index (χ3v) is 4.91. The highest BCUT2D eigenvalue weighted by Crippen LogP contribution is 2.38. The van der Waals surface area contributed by atoms with Crippen molar-refractivity contribution in [1.82, 2.24) is 4.98 Å². The SMILES string of the molecule is c1ccc(O[C@@H]2COC3(CCN(c4cccnc4)CC3)C2)cc1. The van der Waals surface area contributed by atoms with Gasteiger partial charge < -0.3 is 14.4 Å². The molecule has 0 unspecified atom stereocenters. The molecule has 1 spiro atoms. The number of pyridine rings is 1. The molecule has 4 heteroatoms. The highest BCUT2D eigenvalue weighted by atomic mass is 16.6. The Hall–Kier alpha value is -2.07. The van der Waals surface area contributed by atoms with Crippen molar-refractivity contribution < 1.29 is 9.47 Å². The summed E-state index contributed by atoms with van der Waals surface area (Å²) in [5.41, 5.74) is 1.20. The van der Waals surface area contributed by atoms with Gasteiger partial charge in [0.05, 0.1) is 24.1 Å². The van der Waals surface area contributed by atoms with Crippen LogP contribution in [0.3, 0.4) is 0 Å². The zero-order valence-electron chi connectivity index (χ0n) is 13.2. The fraction of sp³-hybridized carbons (Fsp3) is 0.421. The van der Waals surface area contributed by atoms with Crippen LogP contribution in [0.1, 0.15) is 19.3 Å². The Labute approximate surface area is 137 Å². The monoisotopic (exact) mass is 310 g/mol. The van der Waals surface area contributed by atoms with E-state index in [-0.39, 0.29) is 11.7 Å². The van der Waals surface area contributed by atoms with Crippen molar-refractivity contribution in [2.24, 2.45) is 0 Å². The van der Waals surface area contributed by atoms with E-state index in [1.165, 1.54) is 5.69 Å². The predicted molar refractivity (Wildman–Crippen MR) is 89.8 cm³/mol. The van der Waals surface area contributed by atoms with Gasteiger partial charge in [-0.05, 0) is 37.1 Å². The molecule has 120 valence electrons. The maximum absolute atomic E-state index is 6.18. The van der Waals surface area contributed by atoms with Crippen molar-refractivity contribution in [3.8, 4) is 5.75 Å². The van der Waals surface area contributed by atoms with Crippen molar-refractivity contribution in [3.05, 3.63) is 54.9 Å². The molecule has 0 radical (unpaired) electrons. The van der Waals surface area contributed by atoms with Crippen molar-refractivity contribution in [2.75, 3.05) is 24.6 Å². The lowest BCUT2D eigenvalue weighted by Gasteiger charge is -2.39. The minimum atomic E-state index is -0.00183. The van der Waals surface area contributed by atoms with Gasteiger partial charge in [0.2, 0.25) is 0 Å². The first-order chi connectivity index (χ1) is 11.3. The summed E-state index contributed by atoms with van der Waals surface area (Å²) >= 11 is 0. The van der Waals surface area contributed by atoms with Crippen LogP contribution in [0.15, 0.2) is 54.9 Å². The molecule has 3 heterocycles. The number of ether oxygens (including phenoxy) is 2. The van der Waals surface area contributed by atoms with Gasteiger partial charge in [-0.2, -0.15) is 0 Å². The number of para-hydroxylation sites is 1. The first kappa shape index (κ1) is 14.5. The number of nitrogens with zero attached hydrogens (tertiary/aromatic N) is 2. The van der Waals surface area contributed by atoms with Crippen LogP contribution in [0.25, 0.3) is 0 Å². The Morgan fingerprint density at radius 3 is 2.65 bits per heavy atom. The zero-order chi connectivity index (χ0) is 15.5. The number of piperidine rings is 1. The molecule has 4 nitrogen and oxygen atoms in total. The first-order valence-corrected chi connectivity index (χ1v) is 8.34. The van der Waals surface area contributed by atoms with Gasteiger partial charge >= 0.3 is 0 Å². The summed E-state index contributed by atoms with van der Waals surface area (Å²) in [4.78, 5) is 6.61. The van der Waals surface area contributed by atoms with E-state index in [1.54, 1.807) is 0 Å². The molecular formula is C19H22N2O2. The molecule has 1 aromatic carbocycles. The van der Waals surface area contributed by atoms with Crippen LogP contribution in [-0.2, 0) is 4.74 Å². The van der Waals surface area contributed by atoms with Crippen molar-refractivity contribution in [2.45, 2.75) is 31.0 Å². The predicted octanol–water partition coefficient (Wildman–Crippen LogP) is 3.29. The van der Waals surface area contributed by atoms with Crippen LogP contribution in [0.2, 0.25) is 0 Å². The van der Waals surface area contributed by atoms with Crippen molar-refractivity contribution in [1.29, 1.82) is 0 Å². The standard InChI is InChI=1S/C19H22N2O2/c1-2-6-17(7-3-1)23-18-13-19(22-15-18)8-11-21(12-9-19)16-5-4-10-20-14-16/h1-7,10,14,18H,8-9,11-13,15H2/t18-/m0/s1.